The van der Waals surface area contributed by atoms with Gasteiger partial charge in [-0.1, -0.05) is 78.9 Å². The van der Waals surface area contributed by atoms with Crippen molar-refractivity contribution < 1.29 is 0 Å². The maximum Gasteiger partial charge on any atom is 0.164 e. The normalized spacial score (nSPS) is 12.6. The average Bonchev–Trinajstić information content (AvgIpc) is 3.46. The molecule has 2 aliphatic heterocycles. The lowest BCUT2D eigenvalue weighted by molar-refractivity contribution is 0.994. The Balaban J connectivity index is 1.30. The van der Waals surface area contributed by atoms with Crippen LogP contribution in [-0.2, 0) is 12.8 Å². The zero-order chi connectivity index (χ0) is 53.9. The predicted octanol–water partition coefficient (Wildman–Crippen LogP) is 18.1. The number of hydrogen-bond acceptors (Lipinski definition) is 6. The van der Waals surface area contributed by atoms with Gasteiger partial charge in [0.25, 0.3) is 0 Å². The summed E-state index contributed by atoms with van der Waals surface area (Å²) in [4.78, 5) is 21.0. The van der Waals surface area contributed by atoms with Crippen LogP contribution in [0.2, 0.25) is 0 Å². The molecule has 0 unspecified atom stereocenters. The highest BCUT2D eigenvalue weighted by molar-refractivity contribution is 6.02. The van der Waals surface area contributed by atoms with Gasteiger partial charge in [0.15, 0.2) is 17.5 Å². The second kappa shape index (κ2) is 18.6. The minimum absolute atomic E-state index is 0.590. The van der Waals surface area contributed by atoms with Crippen LogP contribution in [0.3, 0.4) is 0 Å². The number of anilines is 6. The van der Waals surface area contributed by atoms with Gasteiger partial charge in [0.2, 0.25) is 0 Å². The van der Waals surface area contributed by atoms with Crippen molar-refractivity contribution in [3.63, 3.8) is 0 Å². The van der Waals surface area contributed by atoms with E-state index in [9.17, 15) is 5.26 Å². The van der Waals surface area contributed by atoms with E-state index in [0.717, 1.165) is 52.0 Å². The Hall–Kier alpha value is -8.14. The van der Waals surface area contributed by atoms with E-state index in [0.29, 0.717) is 23.0 Å². The van der Waals surface area contributed by atoms with Crippen LogP contribution in [-0.4, -0.2) is 15.0 Å². The van der Waals surface area contributed by atoms with Crippen LogP contribution in [0.1, 0.15) is 117 Å². The molecule has 9 aromatic rings. The molecule has 0 saturated carbocycles. The van der Waals surface area contributed by atoms with Gasteiger partial charge in [-0.2, -0.15) is 5.26 Å². The number of nitrogens with zero attached hydrogens (tertiary/aromatic N) is 6. The van der Waals surface area contributed by atoms with Crippen molar-refractivity contribution in [2.45, 2.75) is 124 Å². The molecule has 6 heteroatoms. The Morgan fingerprint density at radius 2 is 0.632 bits per heavy atom. The summed E-state index contributed by atoms with van der Waals surface area (Å²) < 4.78 is 0. The summed E-state index contributed by atoms with van der Waals surface area (Å²) in [5.74, 6) is 1.82. The fourth-order valence-electron chi connectivity index (χ4n) is 12.7. The molecule has 0 radical (unpaired) electrons. The van der Waals surface area contributed by atoms with Crippen molar-refractivity contribution in [3.8, 4) is 51.4 Å². The van der Waals surface area contributed by atoms with Gasteiger partial charge in [-0.05, 0) is 240 Å². The summed E-state index contributed by atoms with van der Waals surface area (Å²) in [5, 5.41) is 10.9. The highest BCUT2D eigenvalue weighted by atomic mass is 15.2. The lowest BCUT2D eigenvalue weighted by Gasteiger charge is -2.42. The van der Waals surface area contributed by atoms with Crippen molar-refractivity contribution in [1.82, 2.24) is 15.0 Å². The van der Waals surface area contributed by atoms with Gasteiger partial charge in [-0.3, -0.25) is 0 Å². The van der Waals surface area contributed by atoms with Gasteiger partial charge in [0.1, 0.15) is 0 Å². The van der Waals surface area contributed by atoms with Crippen LogP contribution in [0.4, 0.5) is 34.1 Å². The van der Waals surface area contributed by atoms with E-state index >= 15 is 0 Å². The molecule has 6 nitrogen and oxygen atoms in total. The summed E-state index contributed by atoms with van der Waals surface area (Å²) in [6.07, 6.45) is 1.68. The van der Waals surface area contributed by atoms with E-state index in [1.807, 2.05) is 42.5 Å². The van der Waals surface area contributed by atoms with Crippen molar-refractivity contribution in [3.05, 3.63) is 214 Å². The number of benzene rings is 8. The minimum atomic E-state index is 0.590. The van der Waals surface area contributed by atoms with Crippen molar-refractivity contribution >= 4 is 34.1 Å². The van der Waals surface area contributed by atoms with Crippen LogP contribution in [0, 0.1) is 122 Å². The predicted molar refractivity (Wildman–Crippen MR) is 317 cm³/mol. The highest BCUT2D eigenvalue weighted by Crippen LogP contribution is 2.57. The Morgan fingerprint density at radius 1 is 0.329 bits per heavy atom. The molecule has 1 aromatic heterocycles. The van der Waals surface area contributed by atoms with E-state index in [2.05, 4.69) is 181 Å². The van der Waals surface area contributed by atoms with Gasteiger partial charge in [0.05, 0.1) is 45.8 Å². The summed E-state index contributed by atoms with van der Waals surface area (Å²) in [5.41, 5.74) is 38.5. The molecule has 2 aliphatic rings. The summed E-state index contributed by atoms with van der Waals surface area (Å²) in [6, 6.07) is 36.2. The van der Waals surface area contributed by atoms with Crippen molar-refractivity contribution in [1.29, 1.82) is 5.26 Å². The smallest absolute Gasteiger partial charge is 0.164 e. The highest BCUT2D eigenvalue weighted by Gasteiger charge is 2.37. The standard InChI is InChI=1S/C70H68N6/c1-36-40(5)48(13)64-58(44(36)9)33-59-45(10)37(2)41(6)49(14)65(59)75(64)62-31-52(35-71)27-29-56(62)57-30-28-55(70-73-68(53-23-19-17-20-24-53)72-69(74-70)54-25-21-18-22-26-54)32-63(57)76-66-50(15)42(7)38(3)46(11)60(66)34-61-47(12)39(4)43(8)51(16)67(61)76/h17-32H,33-34H2,1-16H3. The molecular weight excluding hydrogens is 925 g/mol. The third-order valence-electron chi connectivity index (χ3n) is 18.6. The van der Waals surface area contributed by atoms with Gasteiger partial charge in [-0.25, -0.2) is 15.0 Å². The molecule has 3 heterocycles. The molecule has 378 valence electrons. The lowest BCUT2D eigenvalue weighted by atomic mass is 9.80. The lowest BCUT2D eigenvalue weighted by Crippen LogP contribution is -2.26. The zero-order valence-corrected chi connectivity index (χ0v) is 47.3. The Bertz CT molecular complexity index is 3810. The number of aromatic nitrogens is 3. The van der Waals surface area contributed by atoms with E-state index in [-0.39, 0.29) is 0 Å². The fraction of sp³-hybridized carbons (Fsp3) is 0.257. The monoisotopic (exact) mass is 993 g/mol. The first kappa shape index (κ1) is 50.0. The number of rotatable bonds is 6. The van der Waals surface area contributed by atoms with Crippen LogP contribution in [0.15, 0.2) is 97.1 Å². The van der Waals surface area contributed by atoms with Gasteiger partial charge >= 0.3 is 0 Å². The molecular formula is C70H68N6. The van der Waals surface area contributed by atoms with Crippen molar-refractivity contribution in [2.24, 2.45) is 0 Å². The number of fused-ring (bicyclic) bond motifs is 4. The molecule has 0 bridgehead atoms. The molecule has 0 N–H and O–H groups in total. The molecule has 76 heavy (non-hydrogen) atoms. The second-order valence-corrected chi connectivity index (χ2v) is 21.9. The SMILES string of the molecule is Cc1c(C)c(C)c2c(c1C)Cc1c(C)c(C)c(C)c(C)c1N2c1cc(C#N)ccc1-c1ccc(-c2nc(-c3ccccc3)nc(-c3ccccc3)n2)cc1N1c2c(C)c(C)c(C)c(C)c2Cc2c(C)c(C)c(C)c(C)c21. The van der Waals surface area contributed by atoms with E-state index < -0.39 is 0 Å². The molecule has 0 spiro atoms. The molecule has 0 aliphatic carbocycles. The summed E-state index contributed by atoms with van der Waals surface area (Å²) >= 11 is 0. The first-order valence-electron chi connectivity index (χ1n) is 26.9. The van der Waals surface area contributed by atoms with E-state index in [1.54, 1.807) is 0 Å². The quantitative estimate of drug-likeness (QED) is 0.165. The van der Waals surface area contributed by atoms with Crippen LogP contribution in [0.5, 0.6) is 0 Å². The molecule has 0 amide bonds. The first-order chi connectivity index (χ1) is 36.3. The molecule has 0 fully saturated rings. The number of nitriles is 1. The third-order valence-corrected chi connectivity index (χ3v) is 18.6. The third kappa shape index (κ3) is 7.53. The maximum absolute atomic E-state index is 10.9. The zero-order valence-electron chi connectivity index (χ0n) is 47.3. The molecule has 0 saturated heterocycles. The largest absolute Gasteiger partial charge is 0.309 e. The van der Waals surface area contributed by atoms with Crippen LogP contribution < -0.4 is 9.80 Å². The Kier molecular flexibility index (Phi) is 12.2. The van der Waals surface area contributed by atoms with Gasteiger partial charge in [0, 0.05) is 40.7 Å². The Morgan fingerprint density at radius 3 is 0.974 bits per heavy atom. The topological polar surface area (TPSA) is 68.9 Å². The fourth-order valence-corrected chi connectivity index (χ4v) is 12.7. The average molecular weight is 993 g/mol. The summed E-state index contributed by atoms with van der Waals surface area (Å²) in [6.45, 7) is 36.7. The van der Waals surface area contributed by atoms with Gasteiger partial charge < -0.3 is 9.80 Å². The molecule has 11 rings (SSSR count). The van der Waals surface area contributed by atoms with Gasteiger partial charge in [-0.15, -0.1) is 0 Å². The Labute approximate surface area is 450 Å². The maximum atomic E-state index is 10.9. The molecule has 0 atom stereocenters. The van der Waals surface area contributed by atoms with E-state index in [1.165, 1.54) is 134 Å². The summed E-state index contributed by atoms with van der Waals surface area (Å²) in [7, 11) is 0. The molecule has 8 aromatic carbocycles. The first-order valence-corrected chi connectivity index (χ1v) is 26.9. The van der Waals surface area contributed by atoms with Crippen LogP contribution in [0.25, 0.3) is 45.3 Å². The number of hydrogen-bond donors (Lipinski definition) is 0. The van der Waals surface area contributed by atoms with Crippen LogP contribution >= 0.6 is 0 Å². The second-order valence-electron chi connectivity index (χ2n) is 21.9. The van der Waals surface area contributed by atoms with E-state index in [4.69, 9.17) is 15.0 Å². The minimum Gasteiger partial charge on any atom is -0.309 e. The van der Waals surface area contributed by atoms with Crippen molar-refractivity contribution in [2.75, 3.05) is 9.80 Å².